The maximum absolute atomic E-state index is 13.3. The topological polar surface area (TPSA) is 32.3 Å². The van der Waals surface area contributed by atoms with Gasteiger partial charge >= 0.3 is 0 Å². The molecule has 0 spiro atoms. The van der Waals surface area contributed by atoms with Crippen molar-refractivity contribution in [2.75, 3.05) is 12.8 Å². The van der Waals surface area contributed by atoms with Crippen LogP contribution in [-0.2, 0) is 0 Å². The zero-order valence-electron chi connectivity index (χ0n) is 12.3. The lowest BCUT2D eigenvalue weighted by molar-refractivity contribution is 0.363. The second-order valence-corrected chi connectivity index (χ2v) is 7.03. The summed E-state index contributed by atoms with van der Waals surface area (Å²) in [7, 11) is 0. The highest BCUT2D eigenvalue weighted by molar-refractivity contribution is 8.00. The number of phenols is 1. The molecule has 0 heterocycles. The van der Waals surface area contributed by atoms with Crippen LogP contribution in [0, 0.1) is 5.82 Å². The van der Waals surface area contributed by atoms with Gasteiger partial charge in [0, 0.05) is 22.9 Å². The number of phenolic OH excluding ortho intramolecular Hbond substituents is 1. The number of benzene rings is 1. The maximum atomic E-state index is 13.3. The molecule has 0 aromatic heterocycles. The van der Waals surface area contributed by atoms with E-state index in [9.17, 15) is 9.50 Å². The Morgan fingerprint density at radius 3 is 2.70 bits per heavy atom. The fraction of sp³-hybridized carbons (Fsp3) is 0.625. The summed E-state index contributed by atoms with van der Waals surface area (Å²) in [6, 6.07) is 4.08. The maximum Gasteiger partial charge on any atom is 0.123 e. The first-order valence-electron chi connectivity index (χ1n) is 7.33. The van der Waals surface area contributed by atoms with Crippen LogP contribution in [0.3, 0.4) is 0 Å². The Morgan fingerprint density at radius 2 is 2.05 bits per heavy atom. The molecule has 112 valence electrons. The van der Waals surface area contributed by atoms with E-state index in [-0.39, 0.29) is 17.6 Å². The number of halogens is 1. The van der Waals surface area contributed by atoms with E-state index in [1.807, 2.05) is 18.7 Å². The van der Waals surface area contributed by atoms with Crippen LogP contribution in [0.1, 0.15) is 50.6 Å². The minimum Gasteiger partial charge on any atom is -0.508 e. The Kier molecular flexibility index (Phi) is 5.33. The molecular weight excluding hydrogens is 273 g/mol. The van der Waals surface area contributed by atoms with Crippen molar-refractivity contribution in [2.45, 2.75) is 49.8 Å². The van der Waals surface area contributed by atoms with Gasteiger partial charge in [-0.25, -0.2) is 4.39 Å². The predicted octanol–water partition coefficient (Wildman–Crippen LogP) is 4.25. The van der Waals surface area contributed by atoms with E-state index < -0.39 is 0 Å². The van der Waals surface area contributed by atoms with Crippen LogP contribution in [0.25, 0.3) is 0 Å². The third kappa shape index (κ3) is 3.67. The molecule has 4 heteroatoms. The first kappa shape index (κ1) is 15.6. The molecule has 1 atom stereocenters. The Labute approximate surface area is 125 Å². The average Bonchev–Trinajstić information content (AvgIpc) is 2.48. The lowest BCUT2D eigenvalue weighted by atomic mass is 9.88. The van der Waals surface area contributed by atoms with Gasteiger partial charge < -0.3 is 10.4 Å². The van der Waals surface area contributed by atoms with Crippen LogP contribution < -0.4 is 5.32 Å². The normalized spacial score (nSPS) is 19.8. The van der Waals surface area contributed by atoms with E-state index in [0.29, 0.717) is 10.3 Å². The van der Waals surface area contributed by atoms with Gasteiger partial charge in [-0.15, -0.1) is 0 Å². The van der Waals surface area contributed by atoms with Crippen molar-refractivity contribution in [3.05, 3.63) is 29.6 Å². The molecule has 2 N–H and O–H groups in total. The lowest BCUT2D eigenvalue weighted by Crippen LogP contribution is -2.40. The van der Waals surface area contributed by atoms with E-state index in [2.05, 4.69) is 11.6 Å². The number of thioether (sulfide) groups is 1. The summed E-state index contributed by atoms with van der Waals surface area (Å²) in [6.45, 7) is 2.89. The Bertz CT molecular complexity index is 446. The zero-order chi connectivity index (χ0) is 14.6. The Balaban J connectivity index is 2.00. The van der Waals surface area contributed by atoms with Crippen molar-refractivity contribution >= 4 is 11.8 Å². The molecule has 1 aliphatic carbocycles. The molecule has 20 heavy (non-hydrogen) atoms. The van der Waals surface area contributed by atoms with E-state index >= 15 is 0 Å². The van der Waals surface area contributed by atoms with Gasteiger partial charge in [-0.3, -0.25) is 0 Å². The molecule has 0 saturated heterocycles. The summed E-state index contributed by atoms with van der Waals surface area (Å²) >= 11 is 1.94. The summed E-state index contributed by atoms with van der Waals surface area (Å²) in [5, 5.41) is 13.3. The summed E-state index contributed by atoms with van der Waals surface area (Å²) in [5.41, 5.74) is 0.636. The molecule has 2 nitrogen and oxygen atoms in total. The van der Waals surface area contributed by atoms with Crippen LogP contribution in [0.4, 0.5) is 4.39 Å². The van der Waals surface area contributed by atoms with Crippen molar-refractivity contribution in [1.29, 1.82) is 0 Å². The van der Waals surface area contributed by atoms with E-state index in [1.165, 1.54) is 50.3 Å². The standard InChI is InChI=1S/C16H24FNOS/c1-12(14-10-13(17)6-7-15(14)19)18-11-16(20-2)8-4-3-5-9-16/h6-7,10,12,18-19H,3-5,8-9,11H2,1-2H3. The summed E-state index contributed by atoms with van der Waals surface area (Å²) in [5.74, 6) is -0.142. The lowest BCUT2D eigenvalue weighted by Gasteiger charge is -2.37. The Morgan fingerprint density at radius 1 is 1.35 bits per heavy atom. The summed E-state index contributed by atoms with van der Waals surface area (Å²) in [6.07, 6.45) is 8.58. The van der Waals surface area contributed by atoms with Crippen molar-refractivity contribution in [3.8, 4) is 5.75 Å². The van der Waals surface area contributed by atoms with Gasteiger partial charge in [0.05, 0.1) is 0 Å². The third-order valence-corrected chi connectivity index (χ3v) is 5.80. The quantitative estimate of drug-likeness (QED) is 0.852. The Hall–Kier alpha value is -0.740. The van der Waals surface area contributed by atoms with Gasteiger partial charge in [-0.2, -0.15) is 11.8 Å². The molecule has 2 rings (SSSR count). The van der Waals surface area contributed by atoms with Gasteiger partial charge in [0.15, 0.2) is 0 Å². The van der Waals surface area contributed by atoms with Crippen LogP contribution in [-0.4, -0.2) is 22.7 Å². The molecule has 1 aromatic carbocycles. The fourth-order valence-corrected chi connectivity index (χ4v) is 3.90. The molecule has 0 amide bonds. The SMILES string of the molecule is CSC1(CNC(C)c2cc(F)ccc2O)CCCCC1. The van der Waals surface area contributed by atoms with Crippen molar-refractivity contribution < 1.29 is 9.50 Å². The first-order chi connectivity index (χ1) is 9.56. The van der Waals surface area contributed by atoms with Gasteiger partial charge in [-0.05, 0) is 44.2 Å². The molecule has 1 aromatic rings. The second-order valence-electron chi connectivity index (χ2n) is 5.75. The molecule has 1 saturated carbocycles. The number of hydrogen-bond acceptors (Lipinski definition) is 3. The molecule has 1 unspecified atom stereocenters. The number of hydrogen-bond donors (Lipinski definition) is 2. The predicted molar refractivity (Wildman–Crippen MR) is 83.8 cm³/mol. The molecule has 0 aliphatic heterocycles. The monoisotopic (exact) mass is 297 g/mol. The smallest absolute Gasteiger partial charge is 0.123 e. The number of rotatable bonds is 5. The van der Waals surface area contributed by atoms with Crippen molar-refractivity contribution in [2.24, 2.45) is 0 Å². The minimum atomic E-state index is -0.302. The molecule has 1 aliphatic rings. The zero-order valence-corrected chi connectivity index (χ0v) is 13.1. The first-order valence-corrected chi connectivity index (χ1v) is 8.56. The van der Waals surface area contributed by atoms with Crippen molar-refractivity contribution in [1.82, 2.24) is 5.32 Å². The average molecular weight is 297 g/mol. The van der Waals surface area contributed by atoms with Crippen LogP contribution in [0.5, 0.6) is 5.75 Å². The van der Waals surface area contributed by atoms with Crippen LogP contribution in [0.2, 0.25) is 0 Å². The highest BCUT2D eigenvalue weighted by Gasteiger charge is 2.31. The highest BCUT2D eigenvalue weighted by atomic mass is 32.2. The number of nitrogens with one attached hydrogen (secondary N) is 1. The molecular formula is C16H24FNOS. The van der Waals surface area contributed by atoms with Crippen LogP contribution in [0.15, 0.2) is 18.2 Å². The summed E-state index contributed by atoms with van der Waals surface area (Å²) < 4.78 is 13.6. The second kappa shape index (κ2) is 6.81. The fourth-order valence-electron chi connectivity index (χ4n) is 2.97. The molecule has 0 radical (unpaired) electrons. The largest absolute Gasteiger partial charge is 0.508 e. The van der Waals surface area contributed by atoms with E-state index in [1.54, 1.807) is 0 Å². The van der Waals surface area contributed by atoms with E-state index in [0.717, 1.165) is 6.54 Å². The van der Waals surface area contributed by atoms with Crippen molar-refractivity contribution in [3.63, 3.8) is 0 Å². The minimum absolute atomic E-state index is 0.0448. The van der Waals surface area contributed by atoms with Gasteiger partial charge in [0.2, 0.25) is 0 Å². The number of aromatic hydroxyl groups is 1. The van der Waals surface area contributed by atoms with Gasteiger partial charge in [0.25, 0.3) is 0 Å². The van der Waals surface area contributed by atoms with Gasteiger partial charge in [-0.1, -0.05) is 19.3 Å². The van der Waals surface area contributed by atoms with Crippen LogP contribution >= 0.6 is 11.8 Å². The molecule has 1 fully saturated rings. The summed E-state index contributed by atoms with van der Waals surface area (Å²) in [4.78, 5) is 0. The van der Waals surface area contributed by atoms with Gasteiger partial charge in [0.1, 0.15) is 11.6 Å². The third-order valence-electron chi connectivity index (χ3n) is 4.38. The molecule has 0 bridgehead atoms. The highest BCUT2D eigenvalue weighted by Crippen LogP contribution is 2.38. The van der Waals surface area contributed by atoms with E-state index in [4.69, 9.17) is 0 Å².